The van der Waals surface area contributed by atoms with Crippen LogP contribution in [0.4, 0.5) is 0 Å². The highest BCUT2D eigenvalue weighted by Gasteiger charge is 1.75. The highest BCUT2D eigenvalue weighted by Crippen LogP contribution is 1.60. The molecular formula is C5H12N4O2. The van der Waals surface area contributed by atoms with E-state index in [9.17, 15) is 4.79 Å². The second-order valence-corrected chi connectivity index (χ2v) is 1.15. The Hall–Kier alpha value is -1.77. The maximum Gasteiger partial charge on any atom is 0.302 e. The number of nitrogens with zero attached hydrogens (tertiary/aromatic N) is 1. The molecule has 0 amide bonds. The monoisotopic (exact) mass is 160 g/mol. The molecule has 0 saturated heterocycles. The van der Waals surface area contributed by atoms with Crippen molar-refractivity contribution in [3.8, 4) is 6.57 Å². The van der Waals surface area contributed by atoms with Gasteiger partial charge in [-0.05, 0) is 0 Å². The van der Waals surface area contributed by atoms with Crippen LogP contribution in [0.25, 0.3) is 0 Å². The molecule has 6 nitrogen and oxygen atoms in total. The van der Waals surface area contributed by atoms with Crippen molar-refractivity contribution in [1.82, 2.24) is 0 Å². The Morgan fingerprint density at radius 1 is 1.55 bits per heavy atom. The van der Waals surface area contributed by atoms with Crippen LogP contribution in [0, 0.1) is 17.2 Å². The first-order chi connectivity index (χ1) is 5.00. The van der Waals surface area contributed by atoms with Crippen molar-refractivity contribution in [2.75, 3.05) is 7.11 Å². The number of ether oxygens (including phenoxy) is 1. The Balaban J connectivity index is -0.0000000965. The van der Waals surface area contributed by atoms with E-state index in [4.69, 9.17) is 10.7 Å². The Labute approximate surface area is 65.2 Å². The molecule has 0 saturated carbocycles. The van der Waals surface area contributed by atoms with E-state index in [0.29, 0.717) is 0 Å². The number of esters is 1. The molecule has 0 bridgehead atoms. The van der Waals surface area contributed by atoms with Gasteiger partial charge in [0.1, 0.15) is 0 Å². The average molecular weight is 160 g/mol. The van der Waals surface area contributed by atoms with Gasteiger partial charge in [0.25, 0.3) is 0 Å². The minimum atomic E-state index is -0.333. The standard InChI is InChI=1S/C3H6O2.CH5N3.CHN/c1-3(4)5-2;2-1(3)4;1-2/h1-2H3;(H5,2,3,4);1H. The second-order valence-electron chi connectivity index (χ2n) is 1.15. The molecule has 64 valence electrons. The molecule has 0 spiro atoms. The van der Waals surface area contributed by atoms with Crippen LogP contribution in [-0.2, 0) is 9.53 Å². The van der Waals surface area contributed by atoms with Crippen molar-refractivity contribution in [2.24, 2.45) is 11.5 Å². The lowest BCUT2D eigenvalue weighted by Gasteiger charge is -1.80. The predicted molar refractivity (Wildman–Crippen MR) is 40.5 cm³/mol. The first-order valence-electron chi connectivity index (χ1n) is 2.40. The summed E-state index contributed by atoms with van der Waals surface area (Å²) >= 11 is 0. The van der Waals surface area contributed by atoms with Crippen molar-refractivity contribution in [2.45, 2.75) is 6.92 Å². The van der Waals surface area contributed by atoms with Crippen LogP contribution in [-0.4, -0.2) is 19.0 Å². The van der Waals surface area contributed by atoms with Gasteiger partial charge in [0.05, 0.1) is 7.11 Å². The molecule has 0 aromatic carbocycles. The smallest absolute Gasteiger partial charge is 0.302 e. The summed E-state index contributed by atoms with van der Waals surface area (Å²) in [6.45, 7) is 4.86. The number of carbonyl (C=O) groups excluding carboxylic acids is 1. The largest absolute Gasteiger partial charge is 0.469 e. The zero-order valence-electron chi connectivity index (χ0n) is 6.50. The molecule has 11 heavy (non-hydrogen) atoms. The molecular weight excluding hydrogens is 148 g/mol. The molecule has 0 unspecified atom stereocenters. The number of nitrogens with one attached hydrogen (secondary N) is 1. The summed E-state index contributed by atoms with van der Waals surface area (Å²) < 4.78 is 4.11. The summed E-state index contributed by atoms with van der Waals surface area (Å²) in [5, 5.41) is 12.6. The Kier molecular flexibility index (Phi) is 23.0. The van der Waals surface area contributed by atoms with Gasteiger partial charge in [0, 0.05) is 13.5 Å². The van der Waals surface area contributed by atoms with Gasteiger partial charge in [-0.25, -0.2) is 5.26 Å². The molecule has 0 atom stereocenters. The fourth-order valence-corrected chi connectivity index (χ4v) is 0. The number of hydrogen-bond acceptors (Lipinski definition) is 4. The van der Waals surface area contributed by atoms with E-state index in [1.165, 1.54) is 14.0 Å². The molecule has 0 rings (SSSR count). The summed E-state index contributed by atoms with van der Waals surface area (Å²) in [6.07, 6.45) is 0. The number of hydrogen-bond donors (Lipinski definition) is 3. The lowest BCUT2D eigenvalue weighted by molar-refractivity contribution is -0.137. The quantitative estimate of drug-likeness (QED) is 0.242. The van der Waals surface area contributed by atoms with Crippen molar-refractivity contribution in [3.05, 3.63) is 0 Å². The SMILES string of the molecule is C#N.COC(C)=O.N=C(N)N. The Morgan fingerprint density at radius 3 is 1.64 bits per heavy atom. The summed E-state index contributed by atoms with van der Waals surface area (Å²) in [5.41, 5.74) is 8.94. The summed E-state index contributed by atoms with van der Waals surface area (Å²) in [5.74, 6) is -0.579. The maximum absolute atomic E-state index is 9.59. The number of carbonyl (C=O) groups is 1. The zero-order valence-corrected chi connectivity index (χ0v) is 6.50. The fraction of sp³-hybridized carbons (Fsp3) is 0.400. The molecule has 0 radical (unpaired) electrons. The number of nitrogens with two attached hydrogens (primary N) is 2. The van der Waals surface area contributed by atoms with Crippen LogP contribution in [0.3, 0.4) is 0 Å². The van der Waals surface area contributed by atoms with Gasteiger partial charge in [-0.3, -0.25) is 10.2 Å². The van der Waals surface area contributed by atoms with Gasteiger partial charge in [0.15, 0.2) is 5.96 Å². The number of methoxy groups -OCH3 is 1. The highest BCUT2D eigenvalue weighted by atomic mass is 16.5. The van der Waals surface area contributed by atoms with Crippen LogP contribution in [0.15, 0.2) is 0 Å². The van der Waals surface area contributed by atoms with Crippen molar-refractivity contribution in [3.63, 3.8) is 0 Å². The third-order valence-corrected chi connectivity index (χ3v) is 0.287. The van der Waals surface area contributed by atoms with E-state index in [2.05, 4.69) is 22.8 Å². The molecule has 0 aliphatic rings. The normalized spacial score (nSPS) is 5.45. The lowest BCUT2D eigenvalue weighted by Crippen LogP contribution is -2.20. The van der Waals surface area contributed by atoms with Crippen LogP contribution in [0.2, 0.25) is 0 Å². The molecule has 0 aromatic rings. The molecule has 0 fully saturated rings. The average Bonchev–Trinajstić information content (AvgIpc) is 1.91. The van der Waals surface area contributed by atoms with Crippen molar-refractivity contribution in [1.29, 1.82) is 10.7 Å². The van der Waals surface area contributed by atoms with Gasteiger partial charge in [0.2, 0.25) is 0 Å². The molecule has 0 aliphatic heterocycles. The molecule has 5 N–H and O–H groups in total. The molecule has 0 aliphatic carbocycles. The van der Waals surface area contributed by atoms with Gasteiger partial charge >= 0.3 is 5.97 Å². The van der Waals surface area contributed by atoms with Gasteiger partial charge < -0.3 is 16.2 Å². The van der Waals surface area contributed by atoms with Crippen molar-refractivity contribution < 1.29 is 9.53 Å². The second kappa shape index (κ2) is 15.7. The predicted octanol–water partition coefficient (Wildman–Crippen LogP) is -0.842. The molecule has 0 aromatic heterocycles. The van der Waals surface area contributed by atoms with Crippen LogP contribution in [0.5, 0.6) is 0 Å². The van der Waals surface area contributed by atoms with Crippen molar-refractivity contribution >= 4 is 11.9 Å². The van der Waals surface area contributed by atoms with Crippen LogP contribution in [0.1, 0.15) is 6.92 Å². The molecule has 0 heterocycles. The van der Waals surface area contributed by atoms with Gasteiger partial charge in [-0.1, -0.05) is 0 Å². The zero-order chi connectivity index (χ0) is 9.86. The number of guanidine groups is 1. The third-order valence-electron chi connectivity index (χ3n) is 0.287. The van der Waals surface area contributed by atoms with Crippen LogP contribution >= 0.6 is 0 Å². The number of nitriles is 1. The first kappa shape index (κ1) is 16.1. The van der Waals surface area contributed by atoms with E-state index < -0.39 is 0 Å². The van der Waals surface area contributed by atoms with E-state index >= 15 is 0 Å². The summed E-state index contributed by atoms with van der Waals surface area (Å²) in [7, 11) is 1.35. The third kappa shape index (κ3) is 6040. The summed E-state index contributed by atoms with van der Waals surface area (Å²) in [4.78, 5) is 9.59. The summed E-state index contributed by atoms with van der Waals surface area (Å²) in [6, 6.07) is 0. The highest BCUT2D eigenvalue weighted by molar-refractivity contribution is 5.71. The van der Waals surface area contributed by atoms with Gasteiger partial charge in [-0.15, -0.1) is 0 Å². The topological polar surface area (TPSA) is 126 Å². The van der Waals surface area contributed by atoms with E-state index in [0.717, 1.165) is 0 Å². The fourth-order valence-electron chi connectivity index (χ4n) is 0. The lowest BCUT2D eigenvalue weighted by atomic mass is 10.8. The van der Waals surface area contributed by atoms with E-state index in [1.54, 1.807) is 0 Å². The maximum atomic E-state index is 9.59. The first-order valence-corrected chi connectivity index (χ1v) is 2.40. The minimum Gasteiger partial charge on any atom is -0.469 e. The van der Waals surface area contributed by atoms with E-state index in [-0.39, 0.29) is 11.9 Å². The molecule has 6 heteroatoms. The van der Waals surface area contributed by atoms with Gasteiger partial charge in [-0.2, -0.15) is 0 Å². The minimum absolute atomic E-state index is 0.245. The van der Waals surface area contributed by atoms with E-state index in [1.807, 2.05) is 0 Å². The van der Waals surface area contributed by atoms with Crippen LogP contribution < -0.4 is 11.5 Å². The number of rotatable bonds is 0. The Morgan fingerprint density at radius 2 is 1.64 bits per heavy atom. The Bertz CT molecular complexity index is 128.